The molecule has 2 aromatic rings. The van der Waals surface area contributed by atoms with Gasteiger partial charge in [0.1, 0.15) is 11.5 Å². The molecule has 4 rings (SSSR count). The summed E-state index contributed by atoms with van der Waals surface area (Å²) in [6.07, 6.45) is 1.75. The average Bonchev–Trinajstić information content (AvgIpc) is 3.36. The first-order valence-electron chi connectivity index (χ1n) is 10.0. The topological polar surface area (TPSA) is 62.8 Å². The van der Waals surface area contributed by atoms with Gasteiger partial charge in [0.2, 0.25) is 0 Å². The monoisotopic (exact) mass is 381 g/mol. The van der Waals surface area contributed by atoms with E-state index in [1.54, 1.807) is 0 Å². The SMILES string of the molecule is CCN(CC)c1ccc(NC(=O)NCc2c3c(cc4c2OCC4)OCC3)cc1. The summed E-state index contributed by atoms with van der Waals surface area (Å²) in [6.45, 7) is 8.00. The summed E-state index contributed by atoms with van der Waals surface area (Å²) in [5.41, 5.74) is 5.31. The van der Waals surface area contributed by atoms with E-state index in [0.717, 1.165) is 59.9 Å². The Morgan fingerprint density at radius 3 is 2.57 bits per heavy atom. The third-order valence-electron chi connectivity index (χ3n) is 5.44. The van der Waals surface area contributed by atoms with Crippen molar-refractivity contribution in [2.75, 3.05) is 36.5 Å². The van der Waals surface area contributed by atoms with Crippen molar-refractivity contribution in [2.24, 2.45) is 0 Å². The van der Waals surface area contributed by atoms with E-state index in [1.807, 2.05) is 24.3 Å². The smallest absolute Gasteiger partial charge is 0.319 e. The second-order valence-corrected chi connectivity index (χ2v) is 7.04. The van der Waals surface area contributed by atoms with Gasteiger partial charge in [-0.2, -0.15) is 0 Å². The highest BCUT2D eigenvalue weighted by atomic mass is 16.5. The maximum Gasteiger partial charge on any atom is 0.319 e. The molecule has 0 aromatic heterocycles. The lowest BCUT2D eigenvalue weighted by Gasteiger charge is -2.21. The van der Waals surface area contributed by atoms with E-state index < -0.39 is 0 Å². The van der Waals surface area contributed by atoms with Gasteiger partial charge in [-0.25, -0.2) is 4.79 Å². The molecule has 0 unspecified atom stereocenters. The number of rotatable bonds is 6. The van der Waals surface area contributed by atoms with E-state index in [-0.39, 0.29) is 6.03 Å². The maximum absolute atomic E-state index is 12.4. The first-order chi connectivity index (χ1) is 13.7. The van der Waals surface area contributed by atoms with Crippen molar-refractivity contribution in [3.8, 4) is 11.5 Å². The molecule has 0 aliphatic carbocycles. The van der Waals surface area contributed by atoms with Gasteiger partial charge in [-0.15, -0.1) is 0 Å². The lowest BCUT2D eigenvalue weighted by atomic mass is 9.99. The van der Waals surface area contributed by atoms with Crippen LogP contribution in [0.15, 0.2) is 30.3 Å². The van der Waals surface area contributed by atoms with Crippen molar-refractivity contribution in [1.82, 2.24) is 5.32 Å². The third kappa shape index (κ3) is 3.59. The van der Waals surface area contributed by atoms with Gasteiger partial charge in [-0.3, -0.25) is 0 Å². The van der Waals surface area contributed by atoms with Crippen molar-refractivity contribution in [1.29, 1.82) is 0 Å². The summed E-state index contributed by atoms with van der Waals surface area (Å²) >= 11 is 0. The molecule has 2 aromatic carbocycles. The van der Waals surface area contributed by atoms with E-state index in [2.05, 4.69) is 35.4 Å². The van der Waals surface area contributed by atoms with Crippen LogP contribution in [0.1, 0.15) is 30.5 Å². The van der Waals surface area contributed by atoms with Gasteiger partial charge in [0.25, 0.3) is 0 Å². The Kier molecular flexibility index (Phi) is 5.28. The number of nitrogens with one attached hydrogen (secondary N) is 2. The quantitative estimate of drug-likeness (QED) is 0.800. The van der Waals surface area contributed by atoms with E-state index in [0.29, 0.717) is 19.8 Å². The number of fused-ring (bicyclic) bond motifs is 2. The van der Waals surface area contributed by atoms with Gasteiger partial charge in [0.05, 0.1) is 13.2 Å². The van der Waals surface area contributed by atoms with Gasteiger partial charge >= 0.3 is 6.03 Å². The van der Waals surface area contributed by atoms with Crippen molar-refractivity contribution >= 4 is 17.4 Å². The van der Waals surface area contributed by atoms with Crippen molar-refractivity contribution < 1.29 is 14.3 Å². The summed E-state index contributed by atoms with van der Waals surface area (Å²) < 4.78 is 11.6. The van der Waals surface area contributed by atoms with Gasteiger partial charge in [-0.05, 0) is 44.2 Å². The lowest BCUT2D eigenvalue weighted by molar-refractivity contribution is 0.251. The number of amides is 2. The standard InChI is InChI=1S/C22H27N3O3/c1-3-25(4-2)17-7-5-16(6-8-17)24-22(26)23-14-19-18-10-12-27-20(18)13-15-9-11-28-21(15)19/h5-8,13H,3-4,9-12,14H2,1-2H3,(H2,23,24,26). The molecule has 148 valence electrons. The Labute approximate surface area is 165 Å². The molecule has 2 heterocycles. The molecule has 0 bridgehead atoms. The Hall–Kier alpha value is -2.89. The molecule has 2 amide bonds. The zero-order valence-electron chi connectivity index (χ0n) is 16.5. The van der Waals surface area contributed by atoms with Crippen LogP contribution in [0.5, 0.6) is 11.5 Å². The first-order valence-corrected chi connectivity index (χ1v) is 10.0. The minimum Gasteiger partial charge on any atom is -0.493 e. The van der Waals surface area contributed by atoms with Crippen molar-refractivity contribution in [2.45, 2.75) is 33.2 Å². The first kappa shape index (κ1) is 18.5. The van der Waals surface area contributed by atoms with Crippen LogP contribution in [0.2, 0.25) is 0 Å². The number of carbonyl (C=O) groups excluding carboxylic acids is 1. The molecule has 28 heavy (non-hydrogen) atoms. The number of nitrogens with zero attached hydrogens (tertiary/aromatic N) is 1. The van der Waals surface area contributed by atoms with E-state index in [1.165, 1.54) is 5.56 Å². The van der Waals surface area contributed by atoms with Crippen LogP contribution in [0, 0.1) is 0 Å². The number of urea groups is 1. The molecule has 0 saturated carbocycles. The summed E-state index contributed by atoms with van der Waals surface area (Å²) in [6, 6.07) is 9.80. The molecule has 0 radical (unpaired) electrons. The highest BCUT2D eigenvalue weighted by Crippen LogP contribution is 2.40. The largest absolute Gasteiger partial charge is 0.493 e. The number of anilines is 2. The van der Waals surface area contributed by atoms with Crippen molar-refractivity contribution in [3.05, 3.63) is 47.0 Å². The minimum atomic E-state index is -0.223. The Morgan fingerprint density at radius 1 is 1.07 bits per heavy atom. The molecule has 0 spiro atoms. The van der Waals surface area contributed by atoms with Crippen molar-refractivity contribution in [3.63, 3.8) is 0 Å². The highest BCUT2D eigenvalue weighted by Gasteiger charge is 2.26. The Bertz CT molecular complexity index is 828. The normalized spacial score (nSPS) is 13.9. The fourth-order valence-corrected chi connectivity index (χ4v) is 3.96. The molecule has 0 atom stereocenters. The molecule has 0 fully saturated rings. The molecule has 6 nitrogen and oxygen atoms in total. The average molecular weight is 381 g/mol. The van der Waals surface area contributed by atoms with Gasteiger partial charge in [-0.1, -0.05) is 0 Å². The second kappa shape index (κ2) is 8.00. The van der Waals surface area contributed by atoms with Crippen LogP contribution < -0.4 is 25.0 Å². The fourth-order valence-electron chi connectivity index (χ4n) is 3.96. The molecular weight excluding hydrogens is 354 g/mol. The van der Waals surface area contributed by atoms with Gasteiger partial charge in [0, 0.05) is 60.5 Å². The van der Waals surface area contributed by atoms with E-state index >= 15 is 0 Å². The van der Waals surface area contributed by atoms with Crippen LogP contribution >= 0.6 is 0 Å². The second-order valence-electron chi connectivity index (χ2n) is 7.04. The zero-order valence-corrected chi connectivity index (χ0v) is 16.5. The minimum absolute atomic E-state index is 0.223. The molecule has 2 aliphatic heterocycles. The molecule has 0 saturated heterocycles. The predicted octanol–water partition coefficient (Wildman–Crippen LogP) is 3.72. The maximum atomic E-state index is 12.4. The number of carbonyl (C=O) groups is 1. The number of hydrogen-bond acceptors (Lipinski definition) is 4. The van der Waals surface area contributed by atoms with Gasteiger partial charge in [0.15, 0.2) is 0 Å². The molecule has 6 heteroatoms. The Morgan fingerprint density at radius 2 is 1.82 bits per heavy atom. The van der Waals surface area contributed by atoms with E-state index in [4.69, 9.17) is 9.47 Å². The van der Waals surface area contributed by atoms with Gasteiger partial charge < -0.3 is 25.0 Å². The number of benzene rings is 2. The highest BCUT2D eigenvalue weighted by molar-refractivity contribution is 5.89. The zero-order chi connectivity index (χ0) is 19.5. The summed E-state index contributed by atoms with van der Waals surface area (Å²) in [4.78, 5) is 14.7. The predicted molar refractivity (Wildman–Crippen MR) is 111 cm³/mol. The molecule has 2 aliphatic rings. The van der Waals surface area contributed by atoms with Crippen LogP contribution in [0.25, 0.3) is 0 Å². The molecule has 2 N–H and O–H groups in total. The van der Waals surface area contributed by atoms with Crippen LogP contribution in [0.3, 0.4) is 0 Å². The fraction of sp³-hybridized carbons (Fsp3) is 0.409. The van der Waals surface area contributed by atoms with Crippen LogP contribution in [-0.2, 0) is 19.4 Å². The Balaban J connectivity index is 1.41. The van der Waals surface area contributed by atoms with E-state index in [9.17, 15) is 4.79 Å². The lowest BCUT2D eigenvalue weighted by Crippen LogP contribution is -2.28. The summed E-state index contributed by atoms with van der Waals surface area (Å²) in [5.74, 6) is 1.86. The van der Waals surface area contributed by atoms with Crippen LogP contribution in [-0.4, -0.2) is 32.3 Å². The number of hydrogen-bond donors (Lipinski definition) is 2. The number of ether oxygens (including phenoxy) is 2. The third-order valence-corrected chi connectivity index (χ3v) is 5.44. The molecular formula is C22H27N3O3. The van der Waals surface area contributed by atoms with Crippen LogP contribution in [0.4, 0.5) is 16.2 Å². The summed E-state index contributed by atoms with van der Waals surface area (Å²) in [5, 5.41) is 5.88. The summed E-state index contributed by atoms with van der Waals surface area (Å²) in [7, 11) is 0.